The van der Waals surface area contributed by atoms with Gasteiger partial charge in [-0.25, -0.2) is 5.01 Å². The lowest BCUT2D eigenvalue weighted by Gasteiger charge is -2.19. The lowest BCUT2D eigenvalue weighted by Crippen LogP contribution is -2.09. The minimum Gasteiger partial charge on any atom is -0.234 e. The van der Waals surface area contributed by atoms with Crippen molar-refractivity contribution in [1.82, 2.24) is 0 Å². The first-order valence-corrected chi connectivity index (χ1v) is 10.8. The van der Waals surface area contributed by atoms with Crippen LogP contribution in [-0.4, -0.2) is 6.21 Å². The third kappa shape index (κ3) is 4.81. The van der Waals surface area contributed by atoms with Gasteiger partial charge in [0.1, 0.15) is 0 Å². The monoisotopic (exact) mass is 408 g/mol. The number of anilines is 2. The zero-order chi connectivity index (χ0) is 20.8. The number of hydrazone groups is 1. The third-order valence-electron chi connectivity index (χ3n) is 4.85. The quantitative estimate of drug-likeness (QED) is 0.241. The number of hydrogen-bond acceptors (Lipinski definition) is 3. The molecule has 4 aromatic carbocycles. The van der Waals surface area contributed by atoms with Gasteiger partial charge in [0.25, 0.3) is 0 Å². The second kappa shape index (κ2) is 9.47. The van der Waals surface area contributed by atoms with Crippen molar-refractivity contribution in [1.29, 1.82) is 0 Å². The molecule has 0 heterocycles. The summed E-state index contributed by atoms with van der Waals surface area (Å²) in [5, 5.41) is 6.80. The van der Waals surface area contributed by atoms with Gasteiger partial charge in [-0.15, -0.1) is 0 Å². The molecule has 148 valence electrons. The SMILES string of the molecule is Cc1ccccc1Sc1cc(C=NN(c2ccccc2)c2ccccc2)ccc1C. The summed E-state index contributed by atoms with van der Waals surface area (Å²) < 4.78 is 0. The lowest BCUT2D eigenvalue weighted by molar-refractivity contribution is 1.09. The van der Waals surface area contributed by atoms with Gasteiger partial charge < -0.3 is 0 Å². The van der Waals surface area contributed by atoms with Gasteiger partial charge in [-0.2, -0.15) is 5.10 Å². The van der Waals surface area contributed by atoms with Gasteiger partial charge in [0.05, 0.1) is 17.6 Å². The molecule has 0 N–H and O–H groups in total. The van der Waals surface area contributed by atoms with Crippen molar-refractivity contribution >= 4 is 29.4 Å². The fourth-order valence-electron chi connectivity index (χ4n) is 3.14. The molecule has 0 fully saturated rings. The minimum absolute atomic E-state index is 1.03. The van der Waals surface area contributed by atoms with E-state index in [-0.39, 0.29) is 0 Å². The van der Waals surface area contributed by atoms with E-state index in [1.165, 1.54) is 20.9 Å². The van der Waals surface area contributed by atoms with Crippen LogP contribution >= 0.6 is 11.8 Å². The summed E-state index contributed by atoms with van der Waals surface area (Å²) in [7, 11) is 0. The third-order valence-corrected chi connectivity index (χ3v) is 6.19. The maximum Gasteiger partial charge on any atom is 0.0652 e. The highest BCUT2D eigenvalue weighted by molar-refractivity contribution is 7.99. The zero-order valence-electron chi connectivity index (χ0n) is 17.2. The Kier molecular flexibility index (Phi) is 6.31. The highest BCUT2D eigenvalue weighted by atomic mass is 32.2. The topological polar surface area (TPSA) is 15.6 Å². The fraction of sp³-hybridized carbons (Fsp3) is 0.0741. The number of aryl methyl sites for hydroxylation is 2. The Morgan fingerprint density at radius 3 is 1.83 bits per heavy atom. The maximum atomic E-state index is 4.83. The molecule has 0 aromatic heterocycles. The number of hydrogen-bond donors (Lipinski definition) is 0. The van der Waals surface area contributed by atoms with Gasteiger partial charge in [-0.3, -0.25) is 0 Å². The maximum absolute atomic E-state index is 4.83. The van der Waals surface area contributed by atoms with Crippen LogP contribution in [0.4, 0.5) is 11.4 Å². The summed E-state index contributed by atoms with van der Waals surface area (Å²) in [6.07, 6.45) is 1.93. The van der Waals surface area contributed by atoms with Gasteiger partial charge in [0.2, 0.25) is 0 Å². The summed E-state index contributed by atoms with van der Waals surface area (Å²) in [5.74, 6) is 0. The molecule has 0 aliphatic carbocycles. The first-order chi connectivity index (χ1) is 14.7. The Morgan fingerprint density at radius 1 is 0.633 bits per heavy atom. The fourth-order valence-corrected chi connectivity index (χ4v) is 4.18. The molecule has 2 nitrogen and oxygen atoms in total. The van der Waals surface area contributed by atoms with Crippen molar-refractivity contribution in [3.8, 4) is 0 Å². The van der Waals surface area contributed by atoms with Crippen molar-refractivity contribution in [2.45, 2.75) is 23.6 Å². The van der Waals surface area contributed by atoms with E-state index in [0.717, 1.165) is 16.9 Å². The van der Waals surface area contributed by atoms with Gasteiger partial charge in [-0.05, 0) is 66.9 Å². The number of rotatable bonds is 6. The molecule has 4 aromatic rings. The molecule has 0 amide bonds. The predicted molar refractivity (Wildman–Crippen MR) is 129 cm³/mol. The molecule has 4 rings (SSSR count). The van der Waals surface area contributed by atoms with Crippen LogP contribution in [0.25, 0.3) is 0 Å². The van der Waals surface area contributed by atoms with E-state index in [0.29, 0.717) is 0 Å². The molecule has 0 bridgehead atoms. The second-order valence-corrected chi connectivity index (χ2v) is 8.20. The normalized spacial score (nSPS) is 11.0. The van der Waals surface area contributed by atoms with E-state index in [1.54, 1.807) is 11.8 Å². The van der Waals surface area contributed by atoms with E-state index in [4.69, 9.17) is 5.10 Å². The molecule has 0 radical (unpaired) electrons. The molecule has 0 atom stereocenters. The van der Waals surface area contributed by atoms with Crippen molar-refractivity contribution < 1.29 is 0 Å². The highest BCUT2D eigenvalue weighted by Crippen LogP contribution is 2.33. The van der Waals surface area contributed by atoms with Crippen molar-refractivity contribution in [3.05, 3.63) is 120 Å². The molecule has 30 heavy (non-hydrogen) atoms. The van der Waals surface area contributed by atoms with Crippen molar-refractivity contribution in [3.63, 3.8) is 0 Å². The van der Waals surface area contributed by atoms with Crippen LogP contribution in [-0.2, 0) is 0 Å². The number of benzene rings is 4. The van der Waals surface area contributed by atoms with Crippen LogP contribution < -0.4 is 5.01 Å². The average Bonchev–Trinajstić information content (AvgIpc) is 2.79. The summed E-state index contributed by atoms with van der Waals surface area (Å²) in [6, 6.07) is 35.4. The summed E-state index contributed by atoms with van der Waals surface area (Å²) >= 11 is 1.81. The minimum atomic E-state index is 1.03. The smallest absolute Gasteiger partial charge is 0.0652 e. The molecule has 0 aliphatic heterocycles. The van der Waals surface area contributed by atoms with E-state index in [1.807, 2.05) is 47.6 Å². The van der Waals surface area contributed by atoms with Gasteiger partial charge in [0, 0.05) is 9.79 Å². The van der Waals surface area contributed by atoms with Crippen LogP contribution in [0.5, 0.6) is 0 Å². The molecule has 0 saturated heterocycles. The average molecular weight is 409 g/mol. The molecule has 0 unspecified atom stereocenters. The second-order valence-electron chi connectivity index (χ2n) is 7.12. The molecule has 0 saturated carbocycles. The Bertz CT molecular complexity index is 1100. The Hall–Kier alpha value is -3.30. The molecule has 3 heteroatoms. The Labute approximate surface area is 182 Å². The van der Waals surface area contributed by atoms with Crippen molar-refractivity contribution in [2.24, 2.45) is 5.10 Å². The van der Waals surface area contributed by atoms with Crippen LogP contribution in [0.15, 0.2) is 118 Å². The Morgan fingerprint density at radius 2 is 1.20 bits per heavy atom. The summed E-state index contributed by atoms with van der Waals surface area (Å²) in [6.45, 7) is 4.31. The van der Waals surface area contributed by atoms with Crippen LogP contribution in [0, 0.1) is 13.8 Å². The first-order valence-electron chi connectivity index (χ1n) is 9.99. The van der Waals surface area contributed by atoms with E-state index < -0.39 is 0 Å². The molecular weight excluding hydrogens is 384 g/mol. The van der Waals surface area contributed by atoms with Crippen LogP contribution in [0.1, 0.15) is 16.7 Å². The number of para-hydroxylation sites is 2. The Balaban J connectivity index is 1.64. The van der Waals surface area contributed by atoms with Gasteiger partial charge in [-0.1, -0.05) is 78.5 Å². The summed E-state index contributed by atoms with van der Waals surface area (Å²) in [5.41, 5.74) is 5.69. The summed E-state index contributed by atoms with van der Waals surface area (Å²) in [4.78, 5) is 2.53. The van der Waals surface area contributed by atoms with E-state index in [9.17, 15) is 0 Å². The van der Waals surface area contributed by atoms with Crippen LogP contribution in [0.3, 0.4) is 0 Å². The predicted octanol–water partition coefficient (Wildman–Crippen LogP) is 7.63. The zero-order valence-corrected chi connectivity index (χ0v) is 18.0. The first kappa shape index (κ1) is 20.0. The van der Waals surface area contributed by atoms with E-state index >= 15 is 0 Å². The van der Waals surface area contributed by atoms with Gasteiger partial charge in [0.15, 0.2) is 0 Å². The molecular formula is C27H24N2S. The van der Waals surface area contributed by atoms with Gasteiger partial charge >= 0.3 is 0 Å². The van der Waals surface area contributed by atoms with Crippen molar-refractivity contribution in [2.75, 3.05) is 5.01 Å². The number of nitrogens with zero attached hydrogens (tertiary/aromatic N) is 2. The lowest BCUT2D eigenvalue weighted by atomic mass is 10.2. The molecule has 0 spiro atoms. The highest BCUT2D eigenvalue weighted by Gasteiger charge is 2.08. The van der Waals surface area contributed by atoms with E-state index in [2.05, 4.69) is 80.6 Å². The standard InChI is InChI=1S/C27H24N2S/c1-21-11-9-10-16-26(21)30-27-19-23(18-17-22(27)2)20-28-29(24-12-5-3-6-13-24)25-14-7-4-8-15-25/h3-20H,1-2H3. The van der Waals surface area contributed by atoms with Crippen LogP contribution in [0.2, 0.25) is 0 Å². The largest absolute Gasteiger partial charge is 0.234 e. The molecule has 0 aliphatic rings.